The molecule has 5 heteroatoms. The molecule has 0 unspecified atom stereocenters. The first-order chi connectivity index (χ1) is 6.91. The third-order valence-electron chi connectivity index (χ3n) is 1.23. The Kier molecular flexibility index (Phi) is 5.55. The van der Waals surface area contributed by atoms with E-state index in [0.29, 0.717) is 5.69 Å². The van der Waals surface area contributed by atoms with Crippen LogP contribution >= 0.6 is 0 Å². The third-order valence-corrected chi connectivity index (χ3v) is 1.23. The Morgan fingerprint density at radius 2 is 1.60 bits per heavy atom. The lowest BCUT2D eigenvalue weighted by Crippen LogP contribution is -2.05. The number of carboxylic acid groups (broad SMARTS) is 1. The summed E-state index contributed by atoms with van der Waals surface area (Å²) in [7, 11) is 0. The molecule has 0 heterocycles. The molecule has 0 aromatic heterocycles. The van der Waals surface area contributed by atoms with Gasteiger partial charge in [0, 0.05) is 25.2 Å². The van der Waals surface area contributed by atoms with Crippen LogP contribution < -0.4 is 11.1 Å². The molecule has 1 aromatic rings. The van der Waals surface area contributed by atoms with Crippen molar-refractivity contribution in [3.8, 4) is 0 Å². The van der Waals surface area contributed by atoms with E-state index in [2.05, 4.69) is 5.32 Å². The minimum absolute atomic E-state index is 0.0743. The second kappa shape index (κ2) is 6.42. The highest BCUT2D eigenvalue weighted by Gasteiger charge is 1.92. The van der Waals surface area contributed by atoms with Crippen LogP contribution in [0.2, 0.25) is 0 Å². The number of hydrogen-bond donors (Lipinski definition) is 3. The summed E-state index contributed by atoms with van der Waals surface area (Å²) in [6.07, 6.45) is 0. The first kappa shape index (κ1) is 13.0. The number of rotatable bonds is 1. The summed E-state index contributed by atoms with van der Waals surface area (Å²) in [5, 5.41) is 10.1. The molecule has 1 rings (SSSR count). The average Bonchev–Trinajstić information content (AvgIpc) is 2.07. The maximum Gasteiger partial charge on any atom is 0.300 e. The predicted molar refractivity (Wildman–Crippen MR) is 58.5 cm³/mol. The van der Waals surface area contributed by atoms with E-state index in [0.717, 1.165) is 12.6 Å². The normalized spacial score (nSPS) is 8.40. The fourth-order valence-electron chi connectivity index (χ4n) is 0.770. The van der Waals surface area contributed by atoms with Crippen molar-refractivity contribution in [1.29, 1.82) is 0 Å². The summed E-state index contributed by atoms with van der Waals surface area (Å²) < 4.78 is 0. The lowest BCUT2D eigenvalue weighted by molar-refractivity contribution is -0.134. The Morgan fingerprint density at radius 3 is 1.93 bits per heavy atom. The maximum atomic E-state index is 10.6. The molecule has 0 aliphatic rings. The highest BCUT2D eigenvalue weighted by Crippen LogP contribution is 2.09. The highest BCUT2D eigenvalue weighted by atomic mass is 16.4. The van der Waals surface area contributed by atoms with E-state index in [1.807, 2.05) is 0 Å². The second-order valence-electron chi connectivity index (χ2n) is 2.82. The number of hydrogen-bond acceptors (Lipinski definition) is 3. The number of aliphatic carboxylic acids is 1. The molecule has 0 radical (unpaired) electrons. The molecule has 0 bridgehead atoms. The van der Waals surface area contributed by atoms with E-state index in [1.54, 1.807) is 24.3 Å². The van der Waals surface area contributed by atoms with Gasteiger partial charge in [0.05, 0.1) is 0 Å². The van der Waals surface area contributed by atoms with Gasteiger partial charge in [-0.2, -0.15) is 0 Å². The molecule has 82 valence electrons. The van der Waals surface area contributed by atoms with Crippen LogP contribution in [0, 0.1) is 0 Å². The number of amides is 1. The fraction of sp³-hybridized carbons (Fsp3) is 0.200. The van der Waals surface area contributed by atoms with Crippen molar-refractivity contribution in [3.05, 3.63) is 24.3 Å². The summed E-state index contributed by atoms with van der Waals surface area (Å²) in [5.41, 5.74) is 6.91. The van der Waals surface area contributed by atoms with E-state index in [9.17, 15) is 4.79 Å². The topological polar surface area (TPSA) is 92.4 Å². The zero-order valence-electron chi connectivity index (χ0n) is 8.65. The molecular weight excluding hydrogens is 196 g/mol. The molecule has 4 N–H and O–H groups in total. The predicted octanol–water partition coefficient (Wildman–Crippen LogP) is 1.32. The van der Waals surface area contributed by atoms with Crippen molar-refractivity contribution < 1.29 is 14.7 Å². The van der Waals surface area contributed by atoms with E-state index in [-0.39, 0.29) is 5.91 Å². The summed E-state index contributed by atoms with van der Waals surface area (Å²) in [5.74, 6) is -0.908. The zero-order chi connectivity index (χ0) is 11.8. The number of carbonyl (C=O) groups excluding carboxylic acids is 1. The number of nitrogens with one attached hydrogen (secondary N) is 1. The summed E-state index contributed by atoms with van der Waals surface area (Å²) in [4.78, 5) is 19.6. The number of carboxylic acids is 1. The lowest BCUT2D eigenvalue weighted by atomic mass is 10.3. The van der Waals surface area contributed by atoms with E-state index >= 15 is 0 Å². The maximum absolute atomic E-state index is 10.6. The van der Waals surface area contributed by atoms with Crippen LogP contribution in [-0.2, 0) is 9.59 Å². The van der Waals surface area contributed by atoms with Crippen LogP contribution in [0.15, 0.2) is 24.3 Å². The van der Waals surface area contributed by atoms with Gasteiger partial charge in [0.25, 0.3) is 5.97 Å². The van der Waals surface area contributed by atoms with Crippen LogP contribution in [0.4, 0.5) is 11.4 Å². The van der Waals surface area contributed by atoms with Gasteiger partial charge < -0.3 is 16.2 Å². The minimum atomic E-state index is -0.833. The van der Waals surface area contributed by atoms with Crippen molar-refractivity contribution in [2.24, 2.45) is 0 Å². The van der Waals surface area contributed by atoms with Crippen molar-refractivity contribution in [3.63, 3.8) is 0 Å². The van der Waals surface area contributed by atoms with Gasteiger partial charge in [0.1, 0.15) is 0 Å². The van der Waals surface area contributed by atoms with Gasteiger partial charge in [0.15, 0.2) is 0 Å². The molecule has 0 aliphatic carbocycles. The van der Waals surface area contributed by atoms with Crippen molar-refractivity contribution in [1.82, 2.24) is 0 Å². The first-order valence-corrected chi connectivity index (χ1v) is 4.24. The lowest BCUT2D eigenvalue weighted by Gasteiger charge is -2.00. The molecule has 15 heavy (non-hydrogen) atoms. The van der Waals surface area contributed by atoms with Crippen molar-refractivity contribution in [2.45, 2.75) is 13.8 Å². The Balaban J connectivity index is 0.000000423. The molecule has 1 amide bonds. The van der Waals surface area contributed by atoms with E-state index in [4.69, 9.17) is 15.6 Å². The summed E-state index contributed by atoms with van der Waals surface area (Å²) in [6.45, 7) is 2.55. The van der Waals surface area contributed by atoms with Gasteiger partial charge in [-0.15, -0.1) is 0 Å². The second-order valence-corrected chi connectivity index (χ2v) is 2.82. The largest absolute Gasteiger partial charge is 0.481 e. The molecule has 0 saturated carbocycles. The molecule has 0 saturated heterocycles. The number of carbonyl (C=O) groups is 2. The quantitative estimate of drug-likeness (QED) is 0.609. The van der Waals surface area contributed by atoms with Crippen molar-refractivity contribution in [2.75, 3.05) is 11.1 Å². The number of benzene rings is 1. The Morgan fingerprint density at radius 1 is 1.20 bits per heavy atom. The number of nitrogens with two attached hydrogens (primary N) is 1. The van der Waals surface area contributed by atoms with E-state index in [1.165, 1.54) is 6.92 Å². The van der Waals surface area contributed by atoms with E-state index < -0.39 is 5.97 Å². The van der Waals surface area contributed by atoms with Gasteiger partial charge in [-0.3, -0.25) is 9.59 Å². The number of nitrogen functional groups attached to an aromatic ring is 1. The highest BCUT2D eigenvalue weighted by molar-refractivity contribution is 5.88. The zero-order valence-corrected chi connectivity index (χ0v) is 8.65. The average molecular weight is 210 g/mol. The Bertz CT molecular complexity index is 329. The van der Waals surface area contributed by atoms with Gasteiger partial charge in [-0.25, -0.2) is 0 Å². The van der Waals surface area contributed by atoms with Gasteiger partial charge in [-0.1, -0.05) is 0 Å². The summed E-state index contributed by atoms with van der Waals surface area (Å²) >= 11 is 0. The molecule has 5 nitrogen and oxygen atoms in total. The van der Waals surface area contributed by atoms with Gasteiger partial charge in [0.2, 0.25) is 5.91 Å². The Hall–Kier alpha value is -2.04. The number of anilines is 2. The Labute approximate surface area is 87.9 Å². The van der Waals surface area contributed by atoms with Crippen LogP contribution in [0.3, 0.4) is 0 Å². The van der Waals surface area contributed by atoms with Crippen LogP contribution in [0.5, 0.6) is 0 Å². The fourth-order valence-corrected chi connectivity index (χ4v) is 0.770. The van der Waals surface area contributed by atoms with Crippen LogP contribution in [-0.4, -0.2) is 17.0 Å². The monoisotopic (exact) mass is 210 g/mol. The summed E-state index contributed by atoms with van der Waals surface area (Å²) in [6, 6.07) is 7.00. The SMILES string of the molecule is CC(=O)Nc1ccc(N)cc1.CC(=O)O. The molecular formula is C10H14N2O3. The molecule has 1 aromatic carbocycles. The van der Waals surface area contributed by atoms with Gasteiger partial charge in [-0.05, 0) is 24.3 Å². The molecule has 0 fully saturated rings. The first-order valence-electron chi connectivity index (χ1n) is 4.24. The van der Waals surface area contributed by atoms with Crippen LogP contribution in [0.1, 0.15) is 13.8 Å². The van der Waals surface area contributed by atoms with Crippen molar-refractivity contribution >= 4 is 23.3 Å². The smallest absolute Gasteiger partial charge is 0.300 e. The molecule has 0 aliphatic heterocycles. The third kappa shape index (κ3) is 8.29. The van der Waals surface area contributed by atoms with Gasteiger partial charge >= 0.3 is 0 Å². The molecule has 0 spiro atoms. The standard InChI is InChI=1S/C8H10N2O.C2H4O2/c1-6(11)10-8-4-2-7(9)3-5-8;1-2(3)4/h2-5H,9H2,1H3,(H,10,11);1H3,(H,3,4). The molecule has 0 atom stereocenters. The minimum Gasteiger partial charge on any atom is -0.481 e. The van der Waals surface area contributed by atoms with Crippen LogP contribution in [0.25, 0.3) is 0 Å².